The van der Waals surface area contributed by atoms with E-state index in [-0.39, 0.29) is 5.54 Å². The van der Waals surface area contributed by atoms with Crippen LogP contribution in [0.4, 0.5) is 5.95 Å². The normalized spacial score (nSPS) is 18.3. The summed E-state index contributed by atoms with van der Waals surface area (Å²) in [6, 6.07) is 8.24. The first-order valence-corrected chi connectivity index (χ1v) is 7.71. The third-order valence-corrected chi connectivity index (χ3v) is 4.89. The number of hydrogen-bond donors (Lipinski definition) is 1. The van der Waals surface area contributed by atoms with E-state index in [2.05, 4.69) is 33.6 Å². The zero-order chi connectivity index (χ0) is 14.4. The maximum atomic E-state index is 6.28. The summed E-state index contributed by atoms with van der Waals surface area (Å²) in [6.45, 7) is 2.32. The van der Waals surface area contributed by atoms with Gasteiger partial charge in [0.05, 0.1) is 17.2 Å². The molecule has 0 radical (unpaired) electrons. The molecule has 2 heterocycles. The Morgan fingerprint density at radius 3 is 2.67 bits per heavy atom. The Labute approximate surface area is 124 Å². The van der Waals surface area contributed by atoms with Crippen molar-refractivity contribution in [2.24, 2.45) is 0 Å². The van der Waals surface area contributed by atoms with Gasteiger partial charge in [-0.05, 0) is 25.8 Å². The number of rotatable bonds is 1. The molecule has 0 amide bonds. The number of imidazole rings is 1. The standard InChI is InChI=1S/C17H20N4/c1-17(9-5-2-6-10-17)21-15-12-7-3-4-8-13(12)19-11-14(15)20-16(21)18/h3-4,7-8,11H,2,5-6,9-10H2,1H3,(H2,18,20). The molecule has 21 heavy (non-hydrogen) atoms. The highest BCUT2D eigenvalue weighted by Gasteiger charge is 2.32. The number of nitrogen functional groups attached to an aromatic ring is 1. The summed E-state index contributed by atoms with van der Waals surface area (Å²) >= 11 is 0. The molecular weight excluding hydrogens is 260 g/mol. The van der Waals surface area contributed by atoms with E-state index in [0.717, 1.165) is 21.9 Å². The van der Waals surface area contributed by atoms with E-state index < -0.39 is 0 Å². The van der Waals surface area contributed by atoms with Crippen molar-refractivity contribution in [3.8, 4) is 0 Å². The van der Waals surface area contributed by atoms with Crippen LogP contribution in [-0.4, -0.2) is 14.5 Å². The predicted molar refractivity (Wildman–Crippen MR) is 86.2 cm³/mol. The minimum absolute atomic E-state index is 0.0706. The predicted octanol–water partition coefficient (Wildman–Crippen LogP) is 3.85. The third kappa shape index (κ3) is 1.82. The molecule has 1 aromatic carbocycles. The number of anilines is 1. The zero-order valence-electron chi connectivity index (χ0n) is 12.3. The van der Waals surface area contributed by atoms with Gasteiger partial charge in [0, 0.05) is 10.9 Å². The Bertz CT molecular complexity index is 812. The summed E-state index contributed by atoms with van der Waals surface area (Å²) in [7, 11) is 0. The Morgan fingerprint density at radius 2 is 1.86 bits per heavy atom. The highest BCUT2D eigenvalue weighted by Crippen LogP contribution is 2.40. The van der Waals surface area contributed by atoms with Gasteiger partial charge in [-0.15, -0.1) is 0 Å². The van der Waals surface area contributed by atoms with Crippen LogP contribution in [-0.2, 0) is 5.54 Å². The lowest BCUT2D eigenvalue weighted by Crippen LogP contribution is -2.33. The van der Waals surface area contributed by atoms with E-state index in [9.17, 15) is 0 Å². The molecule has 4 nitrogen and oxygen atoms in total. The van der Waals surface area contributed by atoms with Crippen LogP contribution >= 0.6 is 0 Å². The first-order chi connectivity index (χ1) is 10.2. The molecule has 0 bridgehead atoms. The largest absolute Gasteiger partial charge is 0.369 e. The fraction of sp³-hybridized carbons (Fsp3) is 0.412. The summed E-state index contributed by atoms with van der Waals surface area (Å²) in [4.78, 5) is 9.06. The highest BCUT2D eigenvalue weighted by atomic mass is 15.2. The van der Waals surface area contributed by atoms with Crippen LogP contribution in [0, 0.1) is 0 Å². The molecule has 2 N–H and O–H groups in total. The van der Waals surface area contributed by atoms with Crippen LogP contribution in [0.15, 0.2) is 30.5 Å². The van der Waals surface area contributed by atoms with Crippen molar-refractivity contribution in [2.75, 3.05) is 5.73 Å². The van der Waals surface area contributed by atoms with Gasteiger partial charge >= 0.3 is 0 Å². The molecule has 108 valence electrons. The zero-order valence-corrected chi connectivity index (χ0v) is 12.3. The first kappa shape index (κ1) is 12.6. The molecule has 1 aliphatic carbocycles. The first-order valence-electron chi connectivity index (χ1n) is 7.71. The molecule has 0 aliphatic heterocycles. The minimum atomic E-state index is 0.0706. The van der Waals surface area contributed by atoms with Crippen molar-refractivity contribution in [2.45, 2.75) is 44.6 Å². The Hall–Kier alpha value is -2.10. The number of nitrogens with zero attached hydrogens (tertiary/aromatic N) is 3. The van der Waals surface area contributed by atoms with E-state index in [0.29, 0.717) is 5.95 Å². The second-order valence-corrected chi connectivity index (χ2v) is 6.37. The molecule has 0 atom stereocenters. The minimum Gasteiger partial charge on any atom is -0.369 e. The second kappa shape index (κ2) is 4.45. The van der Waals surface area contributed by atoms with Crippen molar-refractivity contribution in [3.05, 3.63) is 30.5 Å². The summed E-state index contributed by atoms with van der Waals surface area (Å²) in [5, 5.41) is 1.14. The van der Waals surface area contributed by atoms with Gasteiger partial charge in [0.1, 0.15) is 5.52 Å². The monoisotopic (exact) mass is 280 g/mol. The summed E-state index contributed by atoms with van der Waals surface area (Å²) in [6.07, 6.45) is 8.02. The maximum absolute atomic E-state index is 6.28. The van der Waals surface area contributed by atoms with Crippen LogP contribution in [0.2, 0.25) is 0 Å². The van der Waals surface area contributed by atoms with Crippen molar-refractivity contribution in [1.82, 2.24) is 14.5 Å². The van der Waals surface area contributed by atoms with Crippen LogP contribution < -0.4 is 5.73 Å². The lowest BCUT2D eigenvalue weighted by atomic mass is 9.83. The number of benzene rings is 1. The molecule has 0 saturated heterocycles. The van der Waals surface area contributed by atoms with E-state index in [1.807, 2.05) is 18.3 Å². The molecule has 1 fully saturated rings. The van der Waals surface area contributed by atoms with Gasteiger partial charge in [-0.3, -0.25) is 4.98 Å². The van der Waals surface area contributed by atoms with Gasteiger partial charge in [-0.25, -0.2) is 4.98 Å². The van der Waals surface area contributed by atoms with E-state index >= 15 is 0 Å². The summed E-state index contributed by atoms with van der Waals surface area (Å²) in [5.74, 6) is 0.618. The van der Waals surface area contributed by atoms with Gasteiger partial charge in [-0.1, -0.05) is 37.5 Å². The lowest BCUT2D eigenvalue weighted by Gasteiger charge is -2.36. The van der Waals surface area contributed by atoms with Crippen molar-refractivity contribution in [1.29, 1.82) is 0 Å². The van der Waals surface area contributed by atoms with Crippen molar-refractivity contribution >= 4 is 27.9 Å². The second-order valence-electron chi connectivity index (χ2n) is 6.37. The Morgan fingerprint density at radius 1 is 1.10 bits per heavy atom. The number of pyridine rings is 1. The average Bonchev–Trinajstić information content (AvgIpc) is 2.85. The number of aromatic nitrogens is 3. The van der Waals surface area contributed by atoms with Crippen molar-refractivity contribution < 1.29 is 0 Å². The third-order valence-electron chi connectivity index (χ3n) is 4.89. The summed E-state index contributed by atoms with van der Waals surface area (Å²) in [5.41, 5.74) is 9.40. The Balaban J connectivity index is 2.07. The molecule has 0 unspecified atom stereocenters. The molecule has 1 saturated carbocycles. The topological polar surface area (TPSA) is 56.7 Å². The quantitative estimate of drug-likeness (QED) is 0.736. The number of fused-ring (bicyclic) bond motifs is 3. The van der Waals surface area contributed by atoms with Gasteiger partial charge in [0.2, 0.25) is 5.95 Å². The summed E-state index contributed by atoms with van der Waals surface area (Å²) < 4.78 is 2.27. The maximum Gasteiger partial charge on any atom is 0.201 e. The van der Waals surface area contributed by atoms with Gasteiger partial charge < -0.3 is 10.3 Å². The number of hydrogen-bond acceptors (Lipinski definition) is 3. The van der Waals surface area contributed by atoms with Crippen LogP contribution in [0.25, 0.3) is 21.9 Å². The van der Waals surface area contributed by atoms with Crippen LogP contribution in [0.5, 0.6) is 0 Å². The van der Waals surface area contributed by atoms with E-state index in [1.54, 1.807) is 0 Å². The molecule has 2 aromatic heterocycles. The fourth-order valence-electron chi connectivity index (χ4n) is 3.80. The molecular formula is C17H20N4. The molecule has 4 rings (SSSR count). The van der Waals surface area contributed by atoms with Crippen LogP contribution in [0.1, 0.15) is 39.0 Å². The lowest BCUT2D eigenvalue weighted by molar-refractivity contribution is 0.228. The SMILES string of the molecule is CC1(n2c(N)nc3cnc4ccccc4c32)CCCCC1. The Kier molecular flexibility index (Phi) is 2.67. The van der Waals surface area contributed by atoms with Gasteiger partial charge in [0.25, 0.3) is 0 Å². The van der Waals surface area contributed by atoms with Gasteiger partial charge in [-0.2, -0.15) is 0 Å². The fourth-order valence-corrected chi connectivity index (χ4v) is 3.80. The number of nitrogens with two attached hydrogens (primary N) is 1. The van der Waals surface area contributed by atoms with E-state index in [4.69, 9.17) is 5.73 Å². The average molecular weight is 280 g/mol. The highest BCUT2D eigenvalue weighted by molar-refractivity contribution is 6.03. The van der Waals surface area contributed by atoms with Crippen LogP contribution in [0.3, 0.4) is 0 Å². The molecule has 3 aromatic rings. The van der Waals surface area contributed by atoms with E-state index in [1.165, 1.54) is 32.1 Å². The van der Waals surface area contributed by atoms with Crippen molar-refractivity contribution in [3.63, 3.8) is 0 Å². The van der Waals surface area contributed by atoms with Gasteiger partial charge in [0.15, 0.2) is 0 Å². The number of para-hydroxylation sites is 1. The molecule has 1 aliphatic rings. The molecule has 4 heteroatoms. The molecule has 0 spiro atoms. The smallest absolute Gasteiger partial charge is 0.201 e.